The molecule has 0 saturated heterocycles. The average molecular weight is 341 g/mol. The van der Waals surface area contributed by atoms with Crippen molar-refractivity contribution in [3.8, 4) is 0 Å². The molecule has 1 amide bonds. The number of hydrogen-bond donors (Lipinski definition) is 3. The molecule has 0 radical (unpaired) electrons. The maximum Gasteiger partial charge on any atom is 0.258 e. The highest BCUT2D eigenvalue weighted by Gasteiger charge is 2.15. The Morgan fingerprint density at radius 3 is 2.77 bits per heavy atom. The maximum atomic E-state index is 13.2. The minimum Gasteiger partial charge on any atom is -0.390 e. The van der Waals surface area contributed by atoms with Crippen molar-refractivity contribution in [2.45, 2.75) is 6.92 Å². The third-order valence-corrected chi connectivity index (χ3v) is 4.11. The fourth-order valence-corrected chi connectivity index (χ4v) is 2.94. The summed E-state index contributed by atoms with van der Waals surface area (Å²) in [7, 11) is 0. The van der Waals surface area contributed by atoms with Crippen molar-refractivity contribution in [3.63, 3.8) is 0 Å². The predicted octanol–water partition coefficient (Wildman–Crippen LogP) is 4.02. The lowest BCUT2D eigenvalue weighted by Crippen LogP contribution is -2.11. The number of amides is 1. The molecule has 0 saturated carbocycles. The monoisotopic (exact) mass is 340 g/mol. The van der Waals surface area contributed by atoms with Crippen LogP contribution in [0.25, 0.3) is 0 Å². The fourth-order valence-electron chi connectivity index (χ4n) is 1.72. The second-order valence-corrected chi connectivity index (χ2v) is 6.26. The van der Waals surface area contributed by atoms with E-state index in [1.807, 2.05) is 0 Å². The summed E-state index contributed by atoms with van der Waals surface area (Å²) in [6, 6.07) is 5.88. The van der Waals surface area contributed by atoms with Gasteiger partial charge in [-0.2, -0.15) is 0 Å². The van der Waals surface area contributed by atoms with Gasteiger partial charge in [0.2, 0.25) is 0 Å². The third-order valence-electron chi connectivity index (χ3n) is 2.84. The smallest absolute Gasteiger partial charge is 0.258 e. The van der Waals surface area contributed by atoms with Crippen molar-refractivity contribution in [2.24, 2.45) is 0 Å². The number of thiophene rings is 1. The highest BCUT2D eigenvalue weighted by Crippen LogP contribution is 2.32. The Balaban J connectivity index is 2.15. The molecular weight excluding hydrogens is 327 g/mol. The van der Waals surface area contributed by atoms with Crippen LogP contribution in [0.4, 0.5) is 15.1 Å². The number of aliphatic hydroxyl groups is 1. The molecule has 2 rings (SSSR count). The topological polar surface area (TPSA) is 61.4 Å². The summed E-state index contributed by atoms with van der Waals surface area (Å²) in [5, 5.41) is 15.0. The van der Waals surface area contributed by atoms with Gasteiger partial charge >= 0.3 is 0 Å². The van der Waals surface area contributed by atoms with Crippen molar-refractivity contribution >= 4 is 39.5 Å². The van der Waals surface area contributed by atoms with Gasteiger partial charge in [-0.3, -0.25) is 4.79 Å². The van der Waals surface area contributed by atoms with Gasteiger partial charge in [-0.25, -0.2) is 4.39 Å². The van der Waals surface area contributed by atoms with Crippen molar-refractivity contribution in [3.05, 3.63) is 57.8 Å². The second kappa shape index (κ2) is 6.91. The molecule has 0 atom stereocenters. The first-order valence-electron chi connectivity index (χ1n) is 6.33. The third kappa shape index (κ3) is 3.85. The molecule has 116 valence electrons. The van der Waals surface area contributed by atoms with E-state index < -0.39 is 5.91 Å². The largest absolute Gasteiger partial charge is 0.390 e. The van der Waals surface area contributed by atoms with E-state index in [4.69, 9.17) is 16.7 Å². The van der Waals surface area contributed by atoms with Crippen molar-refractivity contribution in [1.29, 1.82) is 0 Å². The number of nitrogens with one attached hydrogen (secondary N) is 2. The first-order valence-corrected chi connectivity index (χ1v) is 7.52. The SMILES string of the molecule is C=C(CO)Nc1cc(C(=O)Nc2ccc(F)c(C)c2)c(Cl)s1. The highest BCUT2D eigenvalue weighted by atomic mass is 35.5. The molecule has 0 fully saturated rings. The van der Waals surface area contributed by atoms with Crippen LogP contribution in [0.3, 0.4) is 0 Å². The molecule has 4 nitrogen and oxygen atoms in total. The Bertz CT molecular complexity index is 730. The first kappa shape index (κ1) is 16.5. The normalized spacial score (nSPS) is 10.4. The van der Waals surface area contributed by atoms with Crippen LogP contribution in [0.15, 0.2) is 36.5 Å². The van der Waals surface area contributed by atoms with Crippen molar-refractivity contribution < 1.29 is 14.3 Å². The molecule has 0 aliphatic carbocycles. The van der Waals surface area contributed by atoms with Crippen molar-refractivity contribution in [1.82, 2.24) is 0 Å². The summed E-state index contributed by atoms with van der Waals surface area (Å²) in [6.45, 7) is 5.00. The second-order valence-electron chi connectivity index (χ2n) is 4.60. The molecule has 1 aromatic heterocycles. The Labute approximate surface area is 136 Å². The molecular formula is C15H14ClFN2O2S. The summed E-state index contributed by atoms with van der Waals surface area (Å²) in [4.78, 5) is 12.2. The number of anilines is 2. The standard InChI is InChI=1S/C15H14ClFN2O2S/c1-8-5-10(3-4-12(8)17)19-15(21)11-6-13(22-14(11)16)18-9(2)7-20/h3-6,18,20H,2,7H2,1H3,(H,19,21). The number of hydrogen-bond acceptors (Lipinski definition) is 4. The molecule has 1 aromatic carbocycles. The number of carbonyl (C=O) groups excluding carboxylic acids is 1. The lowest BCUT2D eigenvalue weighted by molar-refractivity contribution is 0.102. The zero-order chi connectivity index (χ0) is 16.3. The van der Waals surface area contributed by atoms with E-state index in [2.05, 4.69) is 17.2 Å². The highest BCUT2D eigenvalue weighted by molar-refractivity contribution is 7.20. The maximum absolute atomic E-state index is 13.2. The number of halogens is 2. The van der Waals surface area contributed by atoms with Gasteiger partial charge in [0.25, 0.3) is 5.91 Å². The zero-order valence-electron chi connectivity index (χ0n) is 11.7. The quantitative estimate of drug-likeness (QED) is 0.770. The van der Waals surface area contributed by atoms with E-state index >= 15 is 0 Å². The summed E-state index contributed by atoms with van der Waals surface area (Å²) in [6.07, 6.45) is 0. The van der Waals surface area contributed by atoms with Crippen LogP contribution in [0, 0.1) is 12.7 Å². The van der Waals surface area contributed by atoms with Gasteiger partial charge < -0.3 is 15.7 Å². The number of benzene rings is 1. The van der Waals surface area contributed by atoms with Crippen molar-refractivity contribution in [2.75, 3.05) is 17.2 Å². The molecule has 0 aliphatic rings. The summed E-state index contributed by atoms with van der Waals surface area (Å²) in [5.74, 6) is -0.726. The molecule has 0 aliphatic heterocycles. The lowest BCUT2D eigenvalue weighted by Gasteiger charge is -2.06. The van der Waals surface area contributed by atoms with Crippen LogP contribution in [-0.4, -0.2) is 17.6 Å². The molecule has 0 unspecified atom stereocenters. The van der Waals surface area contributed by atoms with Gasteiger partial charge in [0.1, 0.15) is 10.2 Å². The predicted molar refractivity (Wildman–Crippen MR) is 88.3 cm³/mol. The number of aliphatic hydroxyl groups excluding tert-OH is 1. The Morgan fingerprint density at radius 2 is 2.14 bits per heavy atom. The summed E-state index contributed by atoms with van der Waals surface area (Å²) >= 11 is 7.22. The van der Waals surface area contributed by atoms with E-state index in [9.17, 15) is 9.18 Å². The summed E-state index contributed by atoms with van der Waals surface area (Å²) < 4.78 is 13.5. The van der Waals surface area contributed by atoms with Crippen LogP contribution >= 0.6 is 22.9 Å². The summed E-state index contributed by atoms with van der Waals surface area (Å²) in [5.41, 5.74) is 1.62. The molecule has 7 heteroatoms. The number of carbonyl (C=O) groups is 1. The fraction of sp³-hybridized carbons (Fsp3) is 0.133. The first-order chi connectivity index (χ1) is 10.4. The van der Waals surface area contributed by atoms with Crippen LogP contribution in [0.5, 0.6) is 0 Å². The van der Waals surface area contributed by atoms with Gasteiger partial charge in [-0.1, -0.05) is 18.2 Å². The van der Waals surface area contributed by atoms with Crippen LogP contribution < -0.4 is 10.6 Å². The van der Waals surface area contributed by atoms with E-state index in [-0.39, 0.29) is 12.4 Å². The van der Waals surface area contributed by atoms with Gasteiger partial charge in [-0.05, 0) is 36.8 Å². The van der Waals surface area contributed by atoms with Crippen LogP contribution in [0.2, 0.25) is 4.34 Å². The minimum atomic E-state index is -0.394. The molecule has 3 N–H and O–H groups in total. The van der Waals surface area contributed by atoms with Crippen LogP contribution in [0.1, 0.15) is 15.9 Å². The molecule has 0 spiro atoms. The van der Waals surface area contributed by atoms with Gasteiger partial charge in [0.15, 0.2) is 0 Å². The van der Waals surface area contributed by atoms with E-state index in [1.54, 1.807) is 19.1 Å². The molecule has 0 bridgehead atoms. The molecule has 22 heavy (non-hydrogen) atoms. The molecule has 2 aromatic rings. The number of aryl methyl sites for hydroxylation is 1. The van der Waals surface area contributed by atoms with E-state index in [0.717, 1.165) is 11.3 Å². The Kier molecular flexibility index (Phi) is 5.18. The van der Waals surface area contributed by atoms with Gasteiger partial charge in [0.05, 0.1) is 17.2 Å². The Hall–Kier alpha value is -1.89. The molecule has 1 heterocycles. The van der Waals surface area contributed by atoms with E-state index in [1.165, 1.54) is 12.1 Å². The van der Waals surface area contributed by atoms with E-state index in [0.29, 0.717) is 31.8 Å². The zero-order valence-corrected chi connectivity index (χ0v) is 13.3. The van der Waals surface area contributed by atoms with Gasteiger partial charge in [-0.15, -0.1) is 11.3 Å². The van der Waals surface area contributed by atoms with Gasteiger partial charge in [0, 0.05) is 11.4 Å². The average Bonchev–Trinajstić information content (AvgIpc) is 2.83. The lowest BCUT2D eigenvalue weighted by atomic mass is 10.2. The minimum absolute atomic E-state index is 0.216. The van der Waals surface area contributed by atoms with Crippen LogP contribution in [-0.2, 0) is 0 Å². The Morgan fingerprint density at radius 1 is 1.41 bits per heavy atom. The number of rotatable bonds is 5.